The van der Waals surface area contributed by atoms with Crippen molar-refractivity contribution in [3.63, 3.8) is 0 Å². The molecule has 1 aromatic carbocycles. The monoisotopic (exact) mass is 190 g/mol. The second-order valence-electron chi connectivity index (χ2n) is 3.04. The van der Waals surface area contributed by atoms with E-state index in [4.69, 9.17) is 10.00 Å². The summed E-state index contributed by atoms with van der Waals surface area (Å²) in [5.41, 5.74) is 2.15. The molecule has 0 amide bonds. The zero-order chi connectivity index (χ0) is 10.4. The predicted octanol–water partition coefficient (Wildman–Crippen LogP) is 1.62. The second kappa shape index (κ2) is 5.25. The molecule has 0 saturated heterocycles. The molecule has 3 nitrogen and oxygen atoms in total. The van der Waals surface area contributed by atoms with Crippen LogP contribution in [0, 0.1) is 18.3 Å². The maximum Gasteiger partial charge on any atom is 0.174 e. The van der Waals surface area contributed by atoms with E-state index in [1.54, 1.807) is 0 Å². The number of para-hydroxylation sites is 1. The third kappa shape index (κ3) is 2.48. The molecule has 0 aromatic heterocycles. The maximum atomic E-state index is 8.45. The van der Waals surface area contributed by atoms with Crippen molar-refractivity contribution < 1.29 is 4.74 Å². The van der Waals surface area contributed by atoms with Crippen molar-refractivity contribution in [3.05, 3.63) is 29.3 Å². The average Bonchev–Trinajstić information content (AvgIpc) is 2.18. The number of rotatable bonds is 4. The van der Waals surface area contributed by atoms with E-state index >= 15 is 0 Å². The minimum absolute atomic E-state index is 0.0988. The number of ether oxygens (including phenoxy) is 1. The minimum atomic E-state index is 0.0988. The highest BCUT2D eigenvalue weighted by Crippen LogP contribution is 2.22. The molecule has 0 heterocycles. The van der Waals surface area contributed by atoms with Gasteiger partial charge in [0.1, 0.15) is 11.8 Å². The highest BCUT2D eigenvalue weighted by atomic mass is 16.5. The van der Waals surface area contributed by atoms with Crippen molar-refractivity contribution in [3.8, 4) is 11.8 Å². The molecule has 0 fully saturated rings. The Hall–Kier alpha value is -1.53. The van der Waals surface area contributed by atoms with Crippen LogP contribution in [-0.4, -0.2) is 13.7 Å². The molecule has 0 saturated carbocycles. The van der Waals surface area contributed by atoms with Gasteiger partial charge in [-0.2, -0.15) is 5.26 Å². The van der Waals surface area contributed by atoms with E-state index in [0.29, 0.717) is 0 Å². The smallest absolute Gasteiger partial charge is 0.174 e. The van der Waals surface area contributed by atoms with Crippen molar-refractivity contribution in [2.75, 3.05) is 13.7 Å². The molecule has 0 aliphatic heterocycles. The molecule has 0 unspecified atom stereocenters. The molecule has 0 aliphatic rings. The number of nitrogens with one attached hydrogen (secondary N) is 1. The average molecular weight is 190 g/mol. The van der Waals surface area contributed by atoms with Gasteiger partial charge in [0.05, 0.1) is 0 Å². The second-order valence-corrected chi connectivity index (χ2v) is 3.04. The Labute approximate surface area is 84.3 Å². The number of benzene rings is 1. The Balaban J connectivity index is 2.91. The number of nitrogens with zero attached hydrogens (tertiary/aromatic N) is 1. The van der Waals surface area contributed by atoms with Gasteiger partial charge in [-0.15, -0.1) is 0 Å². The van der Waals surface area contributed by atoms with Crippen LogP contribution in [0.5, 0.6) is 5.75 Å². The lowest BCUT2D eigenvalue weighted by Gasteiger charge is -2.11. The van der Waals surface area contributed by atoms with E-state index in [1.807, 2.05) is 38.2 Å². The first kappa shape index (κ1) is 10.6. The fourth-order valence-electron chi connectivity index (χ4n) is 1.35. The van der Waals surface area contributed by atoms with Gasteiger partial charge in [0, 0.05) is 12.1 Å². The van der Waals surface area contributed by atoms with Gasteiger partial charge in [-0.05, 0) is 19.5 Å². The highest BCUT2D eigenvalue weighted by Gasteiger charge is 2.05. The van der Waals surface area contributed by atoms with Crippen LogP contribution in [0.2, 0.25) is 0 Å². The number of nitriles is 1. The fourth-order valence-corrected chi connectivity index (χ4v) is 1.35. The van der Waals surface area contributed by atoms with Gasteiger partial charge in [-0.3, -0.25) is 0 Å². The first-order valence-electron chi connectivity index (χ1n) is 4.52. The number of hydrogen-bond donors (Lipinski definition) is 1. The Morgan fingerprint density at radius 2 is 2.29 bits per heavy atom. The molecule has 74 valence electrons. The Morgan fingerprint density at radius 1 is 1.50 bits per heavy atom. The molecular formula is C11H14N2O. The molecular weight excluding hydrogens is 176 g/mol. The summed E-state index contributed by atoms with van der Waals surface area (Å²) in [5.74, 6) is 0.823. The summed E-state index contributed by atoms with van der Waals surface area (Å²) < 4.78 is 5.37. The van der Waals surface area contributed by atoms with Gasteiger partial charge < -0.3 is 10.1 Å². The van der Waals surface area contributed by atoms with Crippen LogP contribution >= 0.6 is 0 Å². The van der Waals surface area contributed by atoms with Crippen molar-refractivity contribution >= 4 is 0 Å². The maximum absolute atomic E-state index is 8.45. The van der Waals surface area contributed by atoms with E-state index in [-0.39, 0.29) is 6.61 Å². The van der Waals surface area contributed by atoms with Crippen molar-refractivity contribution in [2.24, 2.45) is 0 Å². The Kier molecular flexibility index (Phi) is 3.96. The van der Waals surface area contributed by atoms with Crippen molar-refractivity contribution in [1.29, 1.82) is 5.26 Å². The molecule has 0 aliphatic carbocycles. The van der Waals surface area contributed by atoms with Crippen LogP contribution in [0.15, 0.2) is 18.2 Å². The van der Waals surface area contributed by atoms with Crippen LogP contribution in [0.1, 0.15) is 11.1 Å². The van der Waals surface area contributed by atoms with E-state index in [2.05, 4.69) is 5.32 Å². The minimum Gasteiger partial charge on any atom is -0.478 e. The third-order valence-electron chi connectivity index (χ3n) is 1.94. The topological polar surface area (TPSA) is 45.0 Å². The van der Waals surface area contributed by atoms with Crippen LogP contribution in [0.25, 0.3) is 0 Å². The van der Waals surface area contributed by atoms with Gasteiger partial charge in [-0.25, -0.2) is 0 Å². The van der Waals surface area contributed by atoms with Crippen molar-refractivity contribution in [2.45, 2.75) is 13.5 Å². The molecule has 0 bridgehead atoms. The largest absolute Gasteiger partial charge is 0.478 e. The molecule has 0 spiro atoms. The van der Waals surface area contributed by atoms with Gasteiger partial charge in [-0.1, -0.05) is 18.2 Å². The van der Waals surface area contributed by atoms with Gasteiger partial charge in [0.15, 0.2) is 6.61 Å². The summed E-state index contributed by atoms with van der Waals surface area (Å²) in [6.07, 6.45) is 0. The summed E-state index contributed by atoms with van der Waals surface area (Å²) >= 11 is 0. The quantitative estimate of drug-likeness (QED) is 0.784. The lowest BCUT2D eigenvalue weighted by atomic mass is 10.1. The van der Waals surface area contributed by atoms with Crippen molar-refractivity contribution in [1.82, 2.24) is 5.32 Å². The first-order valence-corrected chi connectivity index (χ1v) is 4.52. The zero-order valence-corrected chi connectivity index (χ0v) is 8.50. The van der Waals surface area contributed by atoms with Crippen LogP contribution in [-0.2, 0) is 6.54 Å². The molecule has 0 atom stereocenters. The van der Waals surface area contributed by atoms with E-state index in [1.165, 1.54) is 0 Å². The molecule has 1 N–H and O–H groups in total. The Bertz CT molecular complexity index is 342. The third-order valence-corrected chi connectivity index (χ3v) is 1.94. The normalized spacial score (nSPS) is 9.50. The first-order chi connectivity index (χ1) is 6.79. The summed E-state index contributed by atoms with van der Waals surface area (Å²) in [6, 6.07) is 7.93. The van der Waals surface area contributed by atoms with Gasteiger partial charge in [0.25, 0.3) is 0 Å². The summed E-state index contributed by atoms with van der Waals surface area (Å²) in [7, 11) is 1.89. The molecule has 1 aromatic rings. The lowest BCUT2D eigenvalue weighted by molar-refractivity contribution is 0.360. The SMILES string of the molecule is CNCc1cccc(C)c1OCC#N. The molecule has 3 heteroatoms. The van der Waals surface area contributed by atoms with E-state index in [0.717, 1.165) is 23.4 Å². The van der Waals surface area contributed by atoms with E-state index < -0.39 is 0 Å². The zero-order valence-electron chi connectivity index (χ0n) is 8.50. The number of hydrogen-bond acceptors (Lipinski definition) is 3. The van der Waals surface area contributed by atoms with Crippen LogP contribution < -0.4 is 10.1 Å². The van der Waals surface area contributed by atoms with Crippen LogP contribution in [0.4, 0.5) is 0 Å². The molecule has 0 radical (unpaired) electrons. The predicted molar refractivity (Wildman–Crippen MR) is 55.1 cm³/mol. The number of aryl methyl sites for hydroxylation is 1. The van der Waals surface area contributed by atoms with Gasteiger partial charge in [0.2, 0.25) is 0 Å². The summed E-state index contributed by atoms with van der Waals surface area (Å²) in [6.45, 7) is 2.83. The van der Waals surface area contributed by atoms with Crippen LogP contribution in [0.3, 0.4) is 0 Å². The Morgan fingerprint density at radius 3 is 2.93 bits per heavy atom. The molecule has 14 heavy (non-hydrogen) atoms. The lowest BCUT2D eigenvalue weighted by Crippen LogP contribution is -2.08. The highest BCUT2D eigenvalue weighted by molar-refractivity contribution is 5.40. The standard InChI is InChI=1S/C11H14N2O/c1-9-4-3-5-10(8-13-2)11(9)14-7-6-12/h3-5,13H,7-8H2,1-2H3. The summed E-state index contributed by atoms with van der Waals surface area (Å²) in [5, 5.41) is 11.5. The van der Waals surface area contributed by atoms with E-state index in [9.17, 15) is 0 Å². The molecule has 1 rings (SSSR count). The summed E-state index contributed by atoms with van der Waals surface area (Å²) in [4.78, 5) is 0. The van der Waals surface area contributed by atoms with Gasteiger partial charge >= 0.3 is 0 Å². The fraction of sp³-hybridized carbons (Fsp3) is 0.364.